The number of benzene rings is 1. The van der Waals surface area contributed by atoms with Crippen LogP contribution in [0.4, 0.5) is 0 Å². The van der Waals surface area contributed by atoms with Crippen LogP contribution in [0.1, 0.15) is 49.7 Å². The van der Waals surface area contributed by atoms with E-state index in [1.54, 1.807) is 0 Å². The van der Waals surface area contributed by atoms with Gasteiger partial charge in [-0.05, 0) is 53.9 Å². The summed E-state index contributed by atoms with van der Waals surface area (Å²) in [5, 5.41) is 15.0. The highest BCUT2D eigenvalue weighted by Crippen LogP contribution is 2.51. The predicted octanol–water partition coefficient (Wildman–Crippen LogP) is 3.73. The van der Waals surface area contributed by atoms with Crippen LogP contribution >= 0.6 is 0 Å². The number of carbonyl (C=O) groups is 1. The van der Waals surface area contributed by atoms with Crippen molar-refractivity contribution in [3.63, 3.8) is 0 Å². The highest BCUT2D eigenvalue weighted by atomic mass is 16.3. The first kappa shape index (κ1) is 21.6. The maximum atomic E-state index is 13.5. The predicted molar refractivity (Wildman–Crippen MR) is 125 cm³/mol. The molecule has 1 aromatic heterocycles. The fourth-order valence-corrected chi connectivity index (χ4v) is 6.20. The smallest absolute Gasteiger partial charge is 0.256 e. The SMILES string of the molecule is O=C(NCC1C2CN(Cc3ccncc3)CC12)C(O)(c1ccccc1)C1CCCCCC1. The van der Waals surface area contributed by atoms with Crippen molar-refractivity contribution < 1.29 is 9.90 Å². The van der Waals surface area contributed by atoms with Crippen LogP contribution in [0.2, 0.25) is 0 Å². The van der Waals surface area contributed by atoms with E-state index >= 15 is 0 Å². The molecule has 2 aliphatic carbocycles. The summed E-state index contributed by atoms with van der Waals surface area (Å²) in [6.07, 6.45) is 10.1. The van der Waals surface area contributed by atoms with E-state index in [4.69, 9.17) is 0 Å². The lowest BCUT2D eigenvalue weighted by Crippen LogP contribution is -2.50. The molecule has 1 amide bonds. The third-order valence-electron chi connectivity index (χ3n) is 8.11. The lowest BCUT2D eigenvalue weighted by atomic mass is 9.76. The van der Waals surface area contributed by atoms with Gasteiger partial charge in [0.25, 0.3) is 5.91 Å². The van der Waals surface area contributed by atoms with E-state index < -0.39 is 5.60 Å². The average Bonchev–Trinajstić information content (AvgIpc) is 3.43. The third-order valence-corrected chi connectivity index (χ3v) is 8.11. The maximum absolute atomic E-state index is 13.5. The van der Waals surface area contributed by atoms with Gasteiger partial charge in [0.05, 0.1) is 0 Å². The first-order valence-corrected chi connectivity index (χ1v) is 12.3. The number of fused-ring (bicyclic) bond motifs is 1. The Balaban J connectivity index is 1.19. The van der Waals surface area contributed by atoms with Gasteiger partial charge in [-0.15, -0.1) is 0 Å². The van der Waals surface area contributed by atoms with E-state index in [0.717, 1.165) is 50.9 Å². The van der Waals surface area contributed by atoms with Gasteiger partial charge in [0.2, 0.25) is 0 Å². The molecule has 2 saturated carbocycles. The summed E-state index contributed by atoms with van der Waals surface area (Å²) < 4.78 is 0. The minimum absolute atomic E-state index is 0.0121. The Morgan fingerprint density at radius 1 is 1.00 bits per heavy atom. The molecule has 32 heavy (non-hydrogen) atoms. The fraction of sp³-hybridized carbons (Fsp3) is 0.556. The quantitative estimate of drug-likeness (QED) is 0.653. The van der Waals surface area contributed by atoms with Crippen molar-refractivity contribution in [2.24, 2.45) is 23.7 Å². The molecule has 0 bridgehead atoms. The van der Waals surface area contributed by atoms with Crippen molar-refractivity contribution >= 4 is 5.91 Å². The first-order chi connectivity index (χ1) is 15.7. The Morgan fingerprint density at radius 3 is 2.31 bits per heavy atom. The molecule has 0 spiro atoms. The Hall–Kier alpha value is -2.24. The molecule has 1 saturated heterocycles. The van der Waals surface area contributed by atoms with E-state index in [0.29, 0.717) is 24.3 Å². The molecule has 0 radical (unpaired) electrons. The number of aromatic nitrogens is 1. The van der Waals surface area contributed by atoms with Crippen molar-refractivity contribution in [2.75, 3.05) is 19.6 Å². The zero-order valence-electron chi connectivity index (χ0n) is 18.8. The van der Waals surface area contributed by atoms with Crippen LogP contribution in [0.5, 0.6) is 0 Å². The monoisotopic (exact) mass is 433 g/mol. The lowest BCUT2D eigenvalue weighted by molar-refractivity contribution is -0.148. The molecule has 5 nitrogen and oxygen atoms in total. The molecule has 2 heterocycles. The molecule has 1 aromatic carbocycles. The third kappa shape index (κ3) is 4.33. The van der Waals surface area contributed by atoms with Crippen LogP contribution < -0.4 is 5.32 Å². The highest BCUT2D eigenvalue weighted by molar-refractivity contribution is 5.86. The number of pyridine rings is 1. The number of nitrogens with zero attached hydrogens (tertiary/aromatic N) is 2. The lowest BCUT2D eigenvalue weighted by Gasteiger charge is -2.35. The summed E-state index contributed by atoms with van der Waals surface area (Å²) in [4.78, 5) is 20.1. The van der Waals surface area contributed by atoms with Crippen molar-refractivity contribution in [2.45, 2.75) is 50.7 Å². The number of likely N-dealkylation sites (tertiary alicyclic amines) is 1. The van der Waals surface area contributed by atoms with Crippen LogP contribution in [0.15, 0.2) is 54.9 Å². The Kier molecular flexibility index (Phi) is 6.29. The molecule has 5 rings (SSSR count). The first-order valence-electron chi connectivity index (χ1n) is 12.3. The number of amides is 1. The molecule has 1 aliphatic heterocycles. The summed E-state index contributed by atoms with van der Waals surface area (Å²) in [6, 6.07) is 13.8. The van der Waals surface area contributed by atoms with Gasteiger partial charge in [0, 0.05) is 44.5 Å². The number of hydrogen-bond donors (Lipinski definition) is 2. The summed E-state index contributed by atoms with van der Waals surface area (Å²) in [5.74, 6) is 1.66. The van der Waals surface area contributed by atoms with Gasteiger partial charge < -0.3 is 10.4 Å². The largest absolute Gasteiger partial charge is 0.375 e. The molecule has 2 N–H and O–H groups in total. The van der Waals surface area contributed by atoms with Crippen molar-refractivity contribution in [3.05, 3.63) is 66.0 Å². The van der Waals surface area contributed by atoms with E-state index in [1.807, 2.05) is 42.7 Å². The zero-order valence-corrected chi connectivity index (χ0v) is 18.8. The van der Waals surface area contributed by atoms with Crippen LogP contribution in [-0.2, 0) is 16.9 Å². The van der Waals surface area contributed by atoms with Crippen molar-refractivity contribution in [1.29, 1.82) is 0 Å². The summed E-state index contributed by atoms with van der Waals surface area (Å²) in [5.41, 5.74) is 0.620. The van der Waals surface area contributed by atoms with E-state index in [9.17, 15) is 9.90 Å². The highest BCUT2D eigenvalue weighted by Gasteiger charge is 2.55. The van der Waals surface area contributed by atoms with Crippen molar-refractivity contribution in [1.82, 2.24) is 15.2 Å². The van der Waals surface area contributed by atoms with Gasteiger partial charge in [0.1, 0.15) is 0 Å². The van der Waals surface area contributed by atoms with Gasteiger partial charge in [-0.1, -0.05) is 56.0 Å². The minimum Gasteiger partial charge on any atom is -0.375 e. The Morgan fingerprint density at radius 2 is 1.66 bits per heavy atom. The molecule has 3 unspecified atom stereocenters. The molecule has 2 aromatic rings. The number of carbonyl (C=O) groups excluding carboxylic acids is 1. The van der Waals surface area contributed by atoms with E-state index in [-0.39, 0.29) is 11.8 Å². The van der Waals surface area contributed by atoms with E-state index in [1.165, 1.54) is 18.4 Å². The second-order valence-corrected chi connectivity index (χ2v) is 10.1. The Bertz CT molecular complexity index is 886. The zero-order chi connectivity index (χ0) is 22.0. The summed E-state index contributed by atoms with van der Waals surface area (Å²) in [7, 11) is 0. The van der Waals surface area contributed by atoms with Gasteiger partial charge in [-0.25, -0.2) is 0 Å². The molecule has 5 heteroatoms. The number of aliphatic hydroxyl groups is 1. The van der Waals surface area contributed by atoms with Crippen LogP contribution in [-0.4, -0.2) is 40.5 Å². The molecule has 3 fully saturated rings. The van der Waals surface area contributed by atoms with Crippen LogP contribution in [0, 0.1) is 23.7 Å². The molecular weight excluding hydrogens is 398 g/mol. The van der Waals surface area contributed by atoms with Gasteiger partial charge in [-0.2, -0.15) is 0 Å². The second kappa shape index (κ2) is 9.32. The minimum atomic E-state index is -1.43. The topological polar surface area (TPSA) is 65.5 Å². The van der Waals surface area contributed by atoms with E-state index in [2.05, 4.69) is 27.3 Å². The average molecular weight is 434 g/mol. The number of nitrogens with one attached hydrogen (secondary N) is 1. The fourth-order valence-electron chi connectivity index (χ4n) is 6.20. The Labute approximate surface area is 191 Å². The van der Waals surface area contributed by atoms with Crippen LogP contribution in [0.25, 0.3) is 0 Å². The molecule has 170 valence electrons. The summed E-state index contributed by atoms with van der Waals surface area (Å²) in [6.45, 7) is 3.85. The molecular formula is C27H35N3O2. The number of piperidine rings is 1. The maximum Gasteiger partial charge on any atom is 0.256 e. The second-order valence-electron chi connectivity index (χ2n) is 10.1. The van der Waals surface area contributed by atoms with Crippen LogP contribution in [0.3, 0.4) is 0 Å². The standard InChI is InChI=1S/C27H35N3O2/c31-26(27(32,22-10-6-3-7-11-22)21-8-4-1-2-5-9-21)29-16-23-24-18-30(19-25(23)24)17-20-12-14-28-15-13-20/h3,6-7,10-15,21,23-25,32H,1-2,4-5,8-9,16-19H2,(H,29,31). The summed E-state index contributed by atoms with van der Waals surface area (Å²) >= 11 is 0. The van der Waals surface area contributed by atoms with Gasteiger partial charge >= 0.3 is 0 Å². The molecule has 3 aliphatic rings. The normalized spacial score (nSPS) is 27.8. The van der Waals surface area contributed by atoms with Gasteiger partial charge in [-0.3, -0.25) is 14.7 Å². The number of rotatable bonds is 7. The number of hydrogen-bond acceptors (Lipinski definition) is 4. The molecule has 3 atom stereocenters. The van der Waals surface area contributed by atoms with Crippen molar-refractivity contribution in [3.8, 4) is 0 Å². The van der Waals surface area contributed by atoms with Gasteiger partial charge in [0.15, 0.2) is 5.60 Å².